The van der Waals surface area contributed by atoms with Crippen LogP contribution in [0.3, 0.4) is 0 Å². The highest BCUT2D eigenvalue weighted by Crippen LogP contribution is 2.30. The summed E-state index contributed by atoms with van der Waals surface area (Å²) in [6.45, 7) is 3.61. The summed E-state index contributed by atoms with van der Waals surface area (Å²) in [4.78, 5) is 11.7. The summed E-state index contributed by atoms with van der Waals surface area (Å²) in [5.74, 6) is 0.593. The molecule has 1 amide bonds. The number of carbonyl (C=O) groups is 1. The molecular formula is C17H19NO3. The van der Waals surface area contributed by atoms with E-state index in [2.05, 4.69) is 5.32 Å². The molecule has 0 aliphatic rings. The number of amides is 1. The second kappa shape index (κ2) is 6.79. The standard InChI is InChI=1S/C17H19NO3/c1-12(2)21-17(19)18-15-11-14(9-10-16(15)20-3)13-7-5-4-6-8-13/h4-12H,1-3H3,(H,18,19). The molecule has 0 aliphatic heterocycles. The fourth-order valence-corrected chi connectivity index (χ4v) is 1.97. The molecule has 2 aromatic carbocycles. The number of rotatable bonds is 4. The van der Waals surface area contributed by atoms with Gasteiger partial charge in [-0.3, -0.25) is 5.32 Å². The highest BCUT2D eigenvalue weighted by atomic mass is 16.6. The van der Waals surface area contributed by atoms with Crippen molar-refractivity contribution in [1.82, 2.24) is 0 Å². The number of methoxy groups -OCH3 is 1. The minimum Gasteiger partial charge on any atom is -0.495 e. The normalized spacial score (nSPS) is 10.3. The van der Waals surface area contributed by atoms with Crippen molar-refractivity contribution in [1.29, 1.82) is 0 Å². The molecule has 0 aliphatic carbocycles. The Kier molecular flexibility index (Phi) is 4.82. The van der Waals surface area contributed by atoms with Gasteiger partial charge >= 0.3 is 6.09 Å². The fourth-order valence-electron chi connectivity index (χ4n) is 1.97. The maximum atomic E-state index is 11.7. The van der Waals surface area contributed by atoms with Crippen molar-refractivity contribution in [3.8, 4) is 16.9 Å². The minimum atomic E-state index is -0.492. The molecule has 0 saturated heterocycles. The van der Waals surface area contributed by atoms with Crippen molar-refractivity contribution in [3.63, 3.8) is 0 Å². The van der Waals surface area contributed by atoms with Gasteiger partial charge < -0.3 is 9.47 Å². The molecule has 0 radical (unpaired) electrons. The van der Waals surface area contributed by atoms with Crippen molar-refractivity contribution in [2.45, 2.75) is 20.0 Å². The molecule has 1 N–H and O–H groups in total. The van der Waals surface area contributed by atoms with Gasteiger partial charge in [-0.05, 0) is 37.1 Å². The van der Waals surface area contributed by atoms with E-state index < -0.39 is 6.09 Å². The van der Waals surface area contributed by atoms with E-state index in [1.165, 1.54) is 0 Å². The van der Waals surface area contributed by atoms with Gasteiger partial charge in [0.15, 0.2) is 0 Å². The van der Waals surface area contributed by atoms with Gasteiger partial charge in [-0.15, -0.1) is 0 Å². The summed E-state index contributed by atoms with van der Waals surface area (Å²) in [5.41, 5.74) is 2.65. The average molecular weight is 285 g/mol. The first-order valence-electron chi connectivity index (χ1n) is 6.81. The first kappa shape index (κ1) is 14.9. The van der Waals surface area contributed by atoms with Gasteiger partial charge in [-0.2, -0.15) is 0 Å². The van der Waals surface area contributed by atoms with Crippen LogP contribution in [-0.2, 0) is 4.74 Å². The lowest BCUT2D eigenvalue weighted by molar-refractivity contribution is 0.130. The molecule has 21 heavy (non-hydrogen) atoms. The second-order valence-electron chi connectivity index (χ2n) is 4.86. The molecule has 0 atom stereocenters. The number of hydrogen-bond donors (Lipinski definition) is 1. The van der Waals surface area contributed by atoms with Gasteiger partial charge in [-0.1, -0.05) is 36.4 Å². The predicted molar refractivity (Wildman–Crippen MR) is 83.7 cm³/mol. The smallest absolute Gasteiger partial charge is 0.411 e. The van der Waals surface area contributed by atoms with E-state index in [-0.39, 0.29) is 6.10 Å². The van der Waals surface area contributed by atoms with Gasteiger partial charge in [0.05, 0.1) is 18.9 Å². The van der Waals surface area contributed by atoms with Gasteiger partial charge in [-0.25, -0.2) is 4.79 Å². The SMILES string of the molecule is COc1ccc(-c2ccccc2)cc1NC(=O)OC(C)C. The zero-order valence-corrected chi connectivity index (χ0v) is 12.4. The molecule has 2 rings (SSSR count). The fraction of sp³-hybridized carbons (Fsp3) is 0.235. The Balaban J connectivity index is 2.28. The maximum absolute atomic E-state index is 11.7. The Morgan fingerprint density at radius 1 is 1.05 bits per heavy atom. The summed E-state index contributed by atoms with van der Waals surface area (Å²) in [7, 11) is 1.57. The number of anilines is 1. The lowest BCUT2D eigenvalue weighted by Crippen LogP contribution is -2.18. The van der Waals surface area contributed by atoms with Gasteiger partial charge in [0.1, 0.15) is 5.75 Å². The molecule has 0 heterocycles. The van der Waals surface area contributed by atoms with Crippen molar-refractivity contribution >= 4 is 11.8 Å². The molecule has 2 aromatic rings. The van der Waals surface area contributed by atoms with Crippen molar-refractivity contribution in [2.75, 3.05) is 12.4 Å². The van der Waals surface area contributed by atoms with Crippen molar-refractivity contribution in [2.24, 2.45) is 0 Å². The third kappa shape index (κ3) is 3.99. The number of carbonyl (C=O) groups excluding carboxylic acids is 1. The van der Waals surface area contributed by atoms with Crippen LogP contribution < -0.4 is 10.1 Å². The monoisotopic (exact) mass is 285 g/mol. The van der Waals surface area contributed by atoms with Gasteiger partial charge in [0.25, 0.3) is 0 Å². The van der Waals surface area contributed by atoms with Crippen LogP contribution in [0.25, 0.3) is 11.1 Å². The Morgan fingerprint density at radius 3 is 2.38 bits per heavy atom. The molecular weight excluding hydrogens is 266 g/mol. The minimum absolute atomic E-state index is 0.173. The summed E-state index contributed by atoms with van der Waals surface area (Å²) >= 11 is 0. The zero-order chi connectivity index (χ0) is 15.2. The van der Waals surface area contributed by atoms with E-state index in [1.807, 2.05) is 48.5 Å². The van der Waals surface area contributed by atoms with E-state index in [0.717, 1.165) is 11.1 Å². The zero-order valence-electron chi connectivity index (χ0n) is 12.4. The molecule has 4 nitrogen and oxygen atoms in total. The molecule has 0 spiro atoms. The van der Waals surface area contributed by atoms with Crippen LogP contribution in [0.5, 0.6) is 5.75 Å². The van der Waals surface area contributed by atoms with Crippen LogP contribution in [-0.4, -0.2) is 19.3 Å². The molecule has 0 aromatic heterocycles. The van der Waals surface area contributed by atoms with E-state index >= 15 is 0 Å². The third-order valence-electron chi connectivity index (χ3n) is 2.89. The van der Waals surface area contributed by atoms with Crippen molar-refractivity contribution < 1.29 is 14.3 Å². The summed E-state index contributed by atoms with van der Waals surface area (Å²) < 4.78 is 10.4. The van der Waals surface area contributed by atoms with Crippen LogP contribution in [0.2, 0.25) is 0 Å². The number of ether oxygens (including phenoxy) is 2. The lowest BCUT2D eigenvalue weighted by Gasteiger charge is -2.13. The Hall–Kier alpha value is -2.49. The van der Waals surface area contributed by atoms with Crippen LogP contribution in [0.4, 0.5) is 10.5 Å². The molecule has 0 fully saturated rings. The highest BCUT2D eigenvalue weighted by Gasteiger charge is 2.11. The summed E-state index contributed by atoms with van der Waals surface area (Å²) in [6, 6.07) is 15.6. The van der Waals surface area contributed by atoms with Crippen LogP contribution in [0.1, 0.15) is 13.8 Å². The van der Waals surface area contributed by atoms with Crippen LogP contribution in [0.15, 0.2) is 48.5 Å². The van der Waals surface area contributed by atoms with Crippen LogP contribution in [0, 0.1) is 0 Å². The maximum Gasteiger partial charge on any atom is 0.411 e. The first-order valence-corrected chi connectivity index (χ1v) is 6.81. The molecule has 0 unspecified atom stereocenters. The molecule has 0 bridgehead atoms. The number of nitrogens with one attached hydrogen (secondary N) is 1. The van der Waals surface area contributed by atoms with Gasteiger partial charge in [0, 0.05) is 0 Å². The molecule has 0 saturated carbocycles. The first-order chi connectivity index (χ1) is 10.1. The van der Waals surface area contributed by atoms with Crippen LogP contribution >= 0.6 is 0 Å². The highest BCUT2D eigenvalue weighted by molar-refractivity contribution is 5.88. The molecule has 4 heteroatoms. The van der Waals surface area contributed by atoms with Crippen molar-refractivity contribution in [3.05, 3.63) is 48.5 Å². The third-order valence-corrected chi connectivity index (χ3v) is 2.89. The Labute approximate surface area is 124 Å². The largest absolute Gasteiger partial charge is 0.495 e. The Morgan fingerprint density at radius 2 is 1.76 bits per heavy atom. The average Bonchev–Trinajstić information content (AvgIpc) is 2.47. The quantitative estimate of drug-likeness (QED) is 0.910. The summed E-state index contributed by atoms with van der Waals surface area (Å²) in [5, 5.41) is 2.72. The van der Waals surface area contributed by atoms with E-state index in [4.69, 9.17) is 9.47 Å². The Bertz CT molecular complexity index is 609. The van der Waals surface area contributed by atoms with E-state index in [9.17, 15) is 4.79 Å². The number of hydrogen-bond acceptors (Lipinski definition) is 3. The second-order valence-corrected chi connectivity index (χ2v) is 4.86. The van der Waals surface area contributed by atoms with Gasteiger partial charge in [0.2, 0.25) is 0 Å². The van der Waals surface area contributed by atoms with E-state index in [0.29, 0.717) is 11.4 Å². The predicted octanol–water partition coefficient (Wildman–Crippen LogP) is 4.32. The molecule has 110 valence electrons. The van der Waals surface area contributed by atoms with E-state index in [1.54, 1.807) is 21.0 Å². The topological polar surface area (TPSA) is 47.6 Å². The number of benzene rings is 2. The lowest BCUT2D eigenvalue weighted by atomic mass is 10.0. The summed E-state index contributed by atoms with van der Waals surface area (Å²) in [6.07, 6.45) is -0.665.